The summed E-state index contributed by atoms with van der Waals surface area (Å²) in [6.45, 7) is 0.182. The lowest BCUT2D eigenvalue weighted by Gasteiger charge is -2.17. The van der Waals surface area contributed by atoms with E-state index < -0.39 is 18.5 Å². The van der Waals surface area contributed by atoms with Gasteiger partial charge < -0.3 is 19.9 Å². The molecular weight excluding hydrogens is 350 g/mol. The van der Waals surface area contributed by atoms with Crippen LogP contribution in [0.1, 0.15) is 36.0 Å². The average Bonchev–Trinajstić information content (AvgIpc) is 3.36. The number of amides is 3. The van der Waals surface area contributed by atoms with E-state index in [0.717, 1.165) is 24.9 Å². The number of carbonyl (C=O) groups is 4. The lowest BCUT2D eigenvalue weighted by molar-refractivity contribution is -0.137. The van der Waals surface area contributed by atoms with Crippen molar-refractivity contribution in [2.75, 3.05) is 31.6 Å². The Hall–Kier alpha value is -2.90. The minimum absolute atomic E-state index is 0.0640. The van der Waals surface area contributed by atoms with Crippen LogP contribution in [0.3, 0.4) is 0 Å². The van der Waals surface area contributed by atoms with Gasteiger partial charge in [-0.25, -0.2) is 4.79 Å². The first kappa shape index (κ1) is 18.9. The molecule has 2 fully saturated rings. The van der Waals surface area contributed by atoms with E-state index in [1.165, 1.54) is 11.9 Å². The molecule has 3 amide bonds. The van der Waals surface area contributed by atoms with E-state index in [1.54, 1.807) is 29.2 Å². The van der Waals surface area contributed by atoms with Gasteiger partial charge in [0.15, 0.2) is 6.61 Å². The molecule has 1 saturated heterocycles. The highest BCUT2D eigenvalue weighted by Gasteiger charge is 2.25. The number of hydrogen-bond donors (Lipinski definition) is 1. The zero-order valence-corrected chi connectivity index (χ0v) is 15.3. The number of benzene rings is 1. The van der Waals surface area contributed by atoms with E-state index in [0.29, 0.717) is 18.5 Å². The van der Waals surface area contributed by atoms with E-state index in [-0.39, 0.29) is 24.4 Å². The van der Waals surface area contributed by atoms with Crippen LogP contribution >= 0.6 is 0 Å². The fourth-order valence-electron chi connectivity index (χ4n) is 2.82. The number of esters is 1. The van der Waals surface area contributed by atoms with Gasteiger partial charge in [0.05, 0.1) is 12.1 Å². The molecule has 0 atom stereocenters. The van der Waals surface area contributed by atoms with Crippen LogP contribution in [-0.2, 0) is 19.1 Å². The molecule has 144 valence electrons. The summed E-state index contributed by atoms with van der Waals surface area (Å²) >= 11 is 0. The maximum Gasteiger partial charge on any atom is 0.338 e. The van der Waals surface area contributed by atoms with Gasteiger partial charge in [0.25, 0.3) is 5.91 Å². The zero-order chi connectivity index (χ0) is 19.4. The highest BCUT2D eigenvalue weighted by molar-refractivity contribution is 5.96. The van der Waals surface area contributed by atoms with Crippen molar-refractivity contribution in [1.82, 2.24) is 10.2 Å². The first-order valence-electron chi connectivity index (χ1n) is 9.05. The summed E-state index contributed by atoms with van der Waals surface area (Å²) in [6.07, 6.45) is 3.33. The minimum atomic E-state index is -0.626. The van der Waals surface area contributed by atoms with Crippen molar-refractivity contribution >= 4 is 29.4 Å². The second-order valence-electron chi connectivity index (χ2n) is 6.86. The van der Waals surface area contributed by atoms with Crippen molar-refractivity contribution in [3.63, 3.8) is 0 Å². The standard InChI is InChI=1S/C19H23N3O5/c1-21(11-16(23)20-14-6-7-14)18(25)12-27-19(26)13-4-8-15(9-5-13)22-10-2-3-17(22)24/h4-5,8-9,14H,2-3,6-7,10-12H2,1H3,(H,20,23). The quantitative estimate of drug-likeness (QED) is 0.710. The van der Waals surface area contributed by atoms with Gasteiger partial charge in [-0.15, -0.1) is 0 Å². The summed E-state index contributed by atoms with van der Waals surface area (Å²) in [5, 5.41) is 2.79. The van der Waals surface area contributed by atoms with E-state index in [1.807, 2.05) is 0 Å². The topological polar surface area (TPSA) is 96.0 Å². The van der Waals surface area contributed by atoms with Gasteiger partial charge in [-0.05, 0) is 43.5 Å². The summed E-state index contributed by atoms with van der Waals surface area (Å²) < 4.78 is 5.03. The van der Waals surface area contributed by atoms with Gasteiger partial charge in [-0.1, -0.05) is 0 Å². The molecule has 1 aliphatic carbocycles. The van der Waals surface area contributed by atoms with Crippen LogP contribution in [-0.4, -0.2) is 61.4 Å². The van der Waals surface area contributed by atoms with E-state index in [4.69, 9.17) is 4.74 Å². The maximum atomic E-state index is 12.1. The number of hydrogen-bond acceptors (Lipinski definition) is 5. The third-order valence-electron chi connectivity index (χ3n) is 4.56. The number of carbonyl (C=O) groups excluding carboxylic acids is 4. The molecule has 2 aliphatic rings. The molecule has 8 heteroatoms. The summed E-state index contributed by atoms with van der Waals surface area (Å²) in [6, 6.07) is 6.75. The highest BCUT2D eigenvalue weighted by atomic mass is 16.5. The molecule has 1 aromatic rings. The molecule has 0 spiro atoms. The fraction of sp³-hybridized carbons (Fsp3) is 0.474. The van der Waals surface area contributed by atoms with Crippen molar-refractivity contribution in [3.05, 3.63) is 29.8 Å². The smallest absolute Gasteiger partial charge is 0.338 e. The van der Waals surface area contributed by atoms with Crippen LogP contribution in [0, 0.1) is 0 Å². The maximum absolute atomic E-state index is 12.1. The number of rotatable bonds is 7. The van der Waals surface area contributed by atoms with Gasteiger partial charge in [-0.3, -0.25) is 14.4 Å². The molecule has 0 radical (unpaired) electrons. The Morgan fingerprint density at radius 1 is 1.22 bits per heavy atom. The van der Waals surface area contributed by atoms with Crippen LogP contribution < -0.4 is 10.2 Å². The first-order chi connectivity index (χ1) is 12.9. The monoisotopic (exact) mass is 373 g/mol. The van der Waals surface area contributed by atoms with Gasteiger partial charge in [-0.2, -0.15) is 0 Å². The zero-order valence-electron chi connectivity index (χ0n) is 15.3. The van der Waals surface area contributed by atoms with Crippen LogP contribution in [0.25, 0.3) is 0 Å². The summed E-state index contributed by atoms with van der Waals surface area (Å²) in [5.41, 5.74) is 1.04. The Morgan fingerprint density at radius 2 is 1.93 bits per heavy atom. The van der Waals surface area contributed by atoms with Gasteiger partial charge in [0.2, 0.25) is 11.8 Å². The summed E-state index contributed by atoms with van der Waals surface area (Å²) in [4.78, 5) is 50.4. The number of likely N-dealkylation sites (N-methyl/N-ethyl adjacent to an activating group) is 1. The van der Waals surface area contributed by atoms with Crippen molar-refractivity contribution in [2.24, 2.45) is 0 Å². The van der Waals surface area contributed by atoms with Crippen molar-refractivity contribution < 1.29 is 23.9 Å². The molecule has 1 saturated carbocycles. The SMILES string of the molecule is CN(CC(=O)NC1CC1)C(=O)COC(=O)c1ccc(N2CCCC2=O)cc1. The molecule has 1 N–H and O–H groups in total. The summed E-state index contributed by atoms with van der Waals surface area (Å²) in [5.74, 6) is -1.22. The predicted octanol–water partition coefficient (Wildman–Crippen LogP) is 0.707. The van der Waals surface area contributed by atoms with E-state index >= 15 is 0 Å². The van der Waals surface area contributed by atoms with Crippen LogP contribution in [0.5, 0.6) is 0 Å². The van der Waals surface area contributed by atoms with Crippen LogP contribution in [0.2, 0.25) is 0 Å². The Morgan fingerprint density at radius 3 is 2.52 bits per heavy atom. The minimum Gasteiger partial charge on any atom is -0.452 e. The van der Waals surface area contributed by atoms with Crippen molar-refractivity contribution in [2.45, 2.75) is 31.7 Å². The third kappa shape index (κ3) is 5.06. The number of nitrogens with one attached hydrogen (secondary N) is 1. The highest BCUT2D eigenvalue weighted by Crippen LogP contribution is 2.21. The van der Waals surface area contributed by atoms with Crippen molar-refractivity contribution in [1.29, 1.82) is 0 Å². The Balaban J connectivity index is 1.45. The molecule has 1 aliphatic heterocycles. The van der Waals surface area contributed by atoms with Crippen LogP contribution in [0.4, 0.5) is 5.69 Å². The number of nitrogens with zero attached hydrogens (tertiary/aromatic N) is 2. The molecule has 3 rings (SSSR count). The molecule has 0 bridgehead atoms. The van der Waals surface area contributed by atoms with E-state index in [9.17, 15) is 19.2 Å². The number of ether oxygens (including phenoxy) is 1. The number of anilines is 1. The lowest BCUT2D eigenvalue weighted by Crippen LogP contribution is -2.40. The Kier molecular flexibility index (Phi) is 5.73. The molecule has 1 heterocycles. The molecule has 27 heavy (non-hydrogen) atoms. The van der Waals surface area contributed by atoms with Crippen LogP contribution in [0.15, 0.2) is 24.3 Å². The Bertz CT molecular complexity index is 742. The first-order valence-corrected chi connectivity index (χ1v) is 9.05. The predicted molar refractivity (Wildman–Crippen MR) is 97.1 cm³/mol. The molecule has 8 nitrogen and oxygen atoms in total. The lowest BCUT2D eigenvalue weighted by atomic mass is 10.2. The fourth-order valence-corrected chi connectivity index (χ4v) is 2.82. The van der Waals surface area contributed by atoms with E-state index in [2.05, 4.69) is 5.32 Å². The average molecular weight is 373 g/mol. The van der Waals surface area contributed by atoms with Crippen molar-refractivity contribution in [3.8, 4) is 0 Å². The normalized spacial score (nSPS) is 16.2. The Labute approximate surface area is 157 Å². The molecule has 1 aromatic carbocycles. The second kappa shape index (κ2) is 8.20. The summed E-state index contributed by atoms with van der Waals surface area (Å²) in [7, 11) is 1.49. The molecule has 0 aromatic heterocycles. The molecular formula is C19H23N3O5. The third-order valence-corrected chi connectivity index (χ3v) is 4.56. The second-order valence-corrected chi connectivity index (χ2v) is 6.86. The largest absolute Gasteiger partial charge is 0.452 e. The van der Waals surface area contributed by atoms with Gasteiger partial charge in [0, 0.05) is 31.7 Å². The van der Waals surface area contributed by atoms with Gasteiger partial charge in [0.1, 0.15) is 0 Å². The molecule has 0 unspecified atom stereocenters. The van der Waals surface area contributed by atoms with Gasteiger partial charge >= 0.3 is 5.97 Å².